The summed E-state index contributed by atoms with van der Waals surface area (Å²) in [5.74, 6) is 1.44. The number of rotatable bonds is 3. The van der Waals surface area contributed by atoms with E-state index in [-0.39, 0.29) is 6.03 Å². The molecule has 1 N–H and O–H groups in total. The van der Waals surface area contributed by atoms with Gasteiger partial charge >= 0.3 is 6.03 Å². The van der Waals surface area contributed by atoms with Crippen LogP contribution in [0.3, 0.4) is 0 Å². The van der Waals surface area contributed by atoms with Gasteiger partial charge in [0.05, 0.1) is 24.2 Å². The SMILES string of the molecule is CNC(=O)N1CCc2c(c(N(C)c3cc(C#N)c(C)cn3)nn2C2CCOCC2)C1. The van der Waals surface area contributed by atoms with Gasteiger partial charge in [0.15, 0.2) is 5.82 Å². The highest BCUT2D eigenvalue weighted by molar-refractivity contribution is 5.75. The number of carbonyl (C=O) groups is 1. The van der Waals surface area contributed by atoms with Crippen molar-refractivity contribution in [2.75, 3.05) is 38.8 Å². The zero-order chi connectivity index (χ0) is 21.3. The fourth-order valence-electron chi connectivity index (χ4n) is 4.19. The Bertz CT molecular complexity index is 988. The van der Waals surface area contributed by atoms with Crippen LogP contribution in [0.25, 0.3) is 0 Å². The molecule has 0 saturated carbocycles. The number of nitriles is 1. The lowest BCUT2D eigenvalue weighted by Crippen LogP contribution is -2.41. The maximum atomic E-state index is 12.3. The zero-order valence-corrected chi connectivity index (χ0v) is 17.7. The van der Waals surface area contributed by atoms with Gasteiger partial charge in [-0.25, -0.2) is 9.78 Å². The standard InChI is InChI=1S/C21H27N7O2/c1-14-12-24-19(10-15(14)11-22)26(3)20-17-13-27(21(29)23-2)7-4-18(17)28(25-20)16-5-8-30-9-6-16/h10,12,16H,4-9,13H2,1-3H3,(H,23,29). The fraction of sp³-hybridized carbons (Fsp3) is 0.524. The molecule has 2 aliphatic rings. The van der Waals surface area contributed by atoms with Crippen molar-refractivity contribution in [2.45, 2.75) is 38.8 Å². The Labute approximate surface area is 176 Å². The highest BCUT2D eigenvalue weighted by Gasteiger charge is 2.32. The van der Waals surface area contributed by atoms with Crippen LogP contribution >= 0.6 is 0 Å². The molecule has 158 valence electrons. The number of nitrogens with zero attached hydrogens (tertiary/aromatic N) is 6. The Balaban J connectivity index is 1.75. The molecule has 2 aromatic heterocycles. The lowest BCUT2D eigenvalue weighted by atomic mass is 10.0. The molecular weight excluding hydrogens is 382 g/mol. The van der Waals surface area contributed by atoms with Gasteiger partial charge in [-0.05, 0) is 31.4 Å². The normalized spacial score (nSPS) is 16.7. The van der Waals surface area contributed by atoms with Crippen molar-refractivity contribution in [1.29, 1.82) is 5.26 Å². The molecule has 0 radical (unpaired) electrons. The van der Waals surface area contributed by atoms with E-state index >= 15 is 0 Å². The van der Waals surface area contributed by atoms with E-state index in [1.807, 2.05) is 18.9 Å². The average Bonchev–Trinajstić information content (AvgIpc) is 3.17. The van der Waals surface area contributed by atoms with E-state index in [9.17, 15) is 10.1 Å². The minimum atomic E-state index is -0.0895. The molecule has 9 nitrogen and oxygen atoms in total. The van der Waals surface area contributed by atoms with E-state index in [1.165, 1.54) is 5.69 Å². The summed E-state index contributed by atoms with van der Waals surface area (Å²) < 4.78 is 7.68. The summed E-state index contributed by atoms with van der Waals surface area (Å²) in [6.07, 6.45) is 4.32. The van der Waals surface area contributed by atoms with Gasteiger partial charge in [-0.2, -0.15) is 10.4 Å². The number of ether oxygens (including phenoxy) is 1. The predicted molar refractivity (Wildman–Crippen MR) is 112 cm³/mol. The maximum Gasteiger partial charge on any atom is 0.317 e. The number of carbonyl (C=O) groups excluding carboxylic acids is 1. The summed E-state index contributed by atoms with van der Waals surface area (Å²) in [4.78, 5) is 20.5. The molecule has 0 bridgehead atoms. The number of urea groups is 1. The predicted octanol–water partition coefficient (Wildman–Crippen LogP) is 2.28. The first-order valence-corrected chi connectivity index (χ1v) is 10.3. The van der Waals surface area contributed by atoms with Gasteiger partial charge in [0.25, 0.3) is 0 Å². The van der Waals surface area contributed by atoms with E-state index in [0.717, 1.165) is 49.4 Å². The van der Waals surface area contributed by atoms with Gasteiger partial charge in [-0.1, -0.05) is 0 Å². The van der Waals surface area contributed by atoms with E-state index in [1.54, 1.807) is 24.2 Å². The van der Waals surface area contributed by atoms with Crippen LogP contribution in [0.1, 0.15) is 41.3 Å². The summed E-state index contributed by atoms with van der Waals surface area (Å²) in [6, 6.07) is 4.21. The van der Waals surface area contributed by atoms with Crippen molar-refractivity contribution in [2.24, 2.45) is 0 Å². The Hall–Kier alpha value is -3.12. The molecule has 0 spiro atoms. The van der Waals surface area contributed by atoms with Crippen LogP contribution in [0, 0.1) is 18.3 Å². The van der Waals surface area contributed by atoms with Crippen molar-refractivity contribution >= 4 is 17.7 Å². The summed E-state index contributed by atoms with van der Waals surface area (Å²) in [5, 5.41) is 17.1. The second kappa shape index (κ2) is 8.32. The fourth-order valence-corrected chi connectivity index (χ4v) is 4.19. The number of fused-ring (bicyclic) bond motifs is 1. The maximum absolute atomic E-state index is 12.3. The molecule has 0 aromatic carbocycles. The van der Waals surface area contributed by atoms with Gasteiger partial charge in [-0.3, -0.25) is 4.68 Å². The van der Waals surface area contributed by atoms with Crippen LogP contribution in [0.4, 0.5) is 16.4 Å². The average molecular weight is 409 g/mol. The summed E-state index contributed by atoms with van der Waals surface area (Å²) in [7, 11) is 3.56. The zero-order valence-electron chi connectivity index (χ0n) is 17.7. The monoisotopic (exact) mass is 409 g/mol. The molecule has 2 aliphatic heterocycles. The van der Waals surface area contributed by atoms with Gasteiger partial charge in [0.2, 0.25) is 0 Å². The number of aromatic nitrogens is 3. The van der Waals surface area contributed by atoms with Gasteiger partial charge in [0, 0.05) is 57.7 Å². The number of nitrogens with one attached hydrogen (secondary N) is 1. The molecule has 1 saturated heterocycles. The van der Waals surface area contributed by atoms with Crippen molar-refractivity contribution in [3.8, 4) is 6.07 Å². The minimum Gasteiger partial charge on any atom is -0.381 e. The third-order valence-electron chi connectivity index (χ3n) is 5.97. The van der Waals surface area contributed by atoms with Gasteiger partial charge in [0.1, 0.15) is 5.82 Å². The first-order valence-electron chi connectivity index (χ1n) is 10.3. The van der Waals surface area contributed by atoms with Gasteiger partial charge < -0.3 is 19.9 Å². The van der Waals surface area contributed by atoms with Crippen molar-refractivity contribution in [1.82, 2.24) is 25.0 Å². The van der Waals surface area contributed by atoms with Crippen LogP contribution < -0.4 is 10.2 Å². The number of anilines is 2. The molecule has 0 unspecified atom stereocenters. The Morgan fingerprint density at radius 2 is 2.17 bits per heavy atom. The Morgan fingerprint density at radius 3 is 2.87 bits per heavy atom. The van der Waals surface area contributed by atoms with Crippen molar-refractivity contribution < 1.29 is 9.53 Å². The number of pyridine rings is 1. The minimum absolute atomic E-state index is 0.0895. The molecule has 2 aromatic rings. The quantitative estimate of drug-likeness (QED) is 0.835. The number of hydrogen-bond donors (Lipinski definition) is 1. The topological polar surface area (TPSA) is 99.3 Å². The lowest BCUT2D eigenvalue weighted by Gasteiger charge is -2.30. The molecular formula is C21H27N7O2. The third-order valence-corrected chi connectivity index (χ3v) is 5.97. The van der Waals surface area contributed by atoms with E-state index in [4.69, 9.17) is 9.84 Å². The first-order chi connectivity index (χ1) is 14.5. The number of amides is 2. The Morgan fingerprint density at radius 1 is 1.40 bits per heavy atom. The second-order valence-corrected chi connectivity index (χ2v) is 7.79. The van der Waals surface area contributed by atoms with Crippen LogP contribution in [-0.2, 0) is 17.7 Å². The first kappa shape index (κ1) is 20.2. The van der Waals surface area contributed by atoms with Gasteiger partial charge in [-0.15, -0.1) is 0 Å². The number of hydrogen-bond acceptors (Lipinski definition) is 6. The summed E-state index contributed by atoms with van der Waals surface area (Å²) in [5.41, 5.74) is 3.66. The van der Waals surface area contributed by atoms with Crippen LogP contribution in [0.15, 0.2) is 12.3 Å². The van der Waals surface area contributed by atoms with E-state index < -0.39 is 0 Å². The molecule has 0 aliphatic carbocycles. The van der Waals surface area contributed by atoms with Crippen LogP contribution in [0.2, 0.25) is 0 Å². The molecule has 0 atom stereocenters. The largest absolute Gasteiger partial charge is 0.381 e. The second-order valence-electron chi connectivity index (χ2n) is 7.79. The highest BCUT2D eigenvalue weighted by Crippen LogP contribution is 2.35. The smallest absolute Gasteiger partial charge is 0.317 e. The van der Waals surface area contributed by atoms with Crippen LogP contribution in [0.5, 0.6) is 0 Å². The summed E-state index contributed by atoms with van der Waals surface area (Å²) >= 11 is 0. The number of aryl methyl sites for hydroxylation is 1. The highest BCUT2D eigenvalue weighted by atomic mass is 16.5. The van der Waals surface area contributed by atoms with E-state index in [0.29, 0.717) is 30.5 Å². The molecule has 2 amide bonds. The van der Waals surface area contributed by atoms with E-state index in [2.05, 4.69) is 21.1 Å². The molecule has 4 rings (SSSR count). The molecule has 4 heterocycles. The lowest BCUT2D eigenvalue weighted by molar-refractivity contribution is 0.0651. The third kappa shape index (κ3) is 3.59. The molecule has 1 fully saturated rings. The molecule has 30 heavy (non-hydrogen) atoms. The Kier molecular flexibility index (Phi) is 5.59. The van der Waals surface area contributed by atoms with Crippen molar-refractivity contribution in [3.05, 3.63) is 34.6 Å². The molecule has 9 heteroatoms. The van der Waals surface area contributed by atoms with Crippen molar-refractivity contribution in [3.63, 3.8) is 0 Å². The van der Waals surface area contributed by atoms with Crippen LogP contribution in [-0.4, -0.2) is 59.5 Å². The summed E-state index contributed by atoms with van der Waals surface area (Å²) in [6.45, 7) is 4.50.